The molecule has 1 aromatic rings. The van der Waals surface area contributed by atoms with E-state index in [4.69, 9.17) is 0 Å². The van der Waals surface area contributed by atoms with Gasteiger partial charge in [-0.15, -0.1) is 0 Å². The molecule has 0 aliphatic heterocycles. The van der Waals surface area contributed by atoms with Crippen molar-refractivity contribution in [1.29, 1.82) is 0 Å². The Morgan fingerprint density at radius 2 is 2.50 bits per heavy atom. The Balaban J connectivity index is 2.40. The lowest BCUT2D eigenvalue weighted by Gasteiger charge is -2.03. The predicted octanol–water partition coefficient (Wildman–Crippen LogP) is 2.00. The number of hydrogen-bond donors (Lipinski definition) is 1. The number of nitrogens with zero attached hydrogens (tertiary/aromatic N) is 1. The average Bonchev–Trinajstić information content (AvgIpc) is 2.40. The summed E-state index contributed by atoms with van der Waals surface area (Å²) in [5, 5.41) is 0. The minimum atomic E-state index is 0.742. The topological polar surface area (TPSA) is 28.7 Å². The number of H-pyrrole nitrogens is 1. The van der Waals surface area contributed by atoms with Crippen molar-refractivity contribution in [2.24, 2.45) is 5.92 Å². The first-order valence-electron chi connectivity index (χ1n) is 3.81. The lowest BCUT2D eigenvalue weighted by atomic mass is 10.1. The normalized spacial score (nSPS) is 13.4. The fourth-order valence-corrected chi connectivity index (χ4v) is 0.884. The van der Waals surface area contributed by atoms with E-state index >= 15 is 0 Å². The Morgan fingerprint density at radius 1 is 1.70 bits per heavy atom. The van der Waals surface area contributed by atoms with E-state index in [1.807, 2.05) is 6.20 Å². The number of aromatic amines is 1. The van der Waals surface area contributed by atoms with Crippen molar-refractivity contribution in [1.82, 2.24) is 9.97 Å². The third kappa shape index (κ3) is 1.87. The lowest BCUT2D eigenvalue weighted by molar-refractivity contribution is 0.546. The second-order valence-corrected chi connectivity index (χ2v) is 2.75. The molecule has 1 heterocycles. The second kappa shape index (κ2) is 3.40. The van der Waals surface area contributed by atoms with Crippen molar-refractivity contribution in [3.05, 3.63) is 18.2 Å². The molecule has 1 atom stereocenters. The van der Waals surface area contributed by atoms with Gasteiger partial charge in [0.2, 0.25) is 0 Å². The van der Waals surface area contributed by atoms with E-state index in [-0.39, 0.29) is 0 Å². The van der Waals surface area contributed by atoms with Crippen LogP contribution in [-0.4, -0.2) is 9.97 Å². The maximum Gasteiger partial charge on any atom is 0.106 e. The molecule has 0 saturated carbocycles. The molecule has 2 heteroatoms. The number of aromatic nitrogens is 2. The maximum absolute atomic E-state index is 4.15. The van der Waals surface area contributed by atoms with E-state index in [1.165, 1.54) is 6.42 Å². The van der Waals surface area contributed by atoms with Crippen LogP contribution in [0.5, 0.6) is 0 Å². The third-order valence-corrected chi connectivity index (χ3v) is 1.79. The molecular formula is C8H14N2. The highest BCUT2D eigenvalue weighted by molar-refractivity contribution is 4.87. The molecule has 0 aliphatic carbocycles. The van der Waals surface area contributed by atoms with Crippen LogP contribution in [0.2, 0.25) is 0 Å². The molecule has 1 N–H and O–H groups in total. The van der Waals surface area contributed by atoms with E-state index in [9.17, 15) is 0 Å². The van der Waals surface area contributed by atoms with Gasteiger partial charge in [0.05, 0.1) is 0 Å². The van der Waals surface area contributed by atoms with Gasteiger partial charge in [0.25, 0.3) is 0 Å². The number of rotatable bonds is 3. The van der Waals surface area contributed by atoms with Gasteiger partial charge in [-0.25, -0.2) is 4.98 Å². The zero-order valence-corrected chi connectivity index (χ0v) is 6.59. The molecule has 10 heavy (non-hydrogen) atoms. The minimum absolute atomic E-state index is 0.742. The summed E-state index contributed by atoms with van der Waals surface area (Å²) < 4.78 is 0. The molecule has 0 spiro atoms. The van der Waals surface area contributed by atoms with Crippen LogP contribution in [-0.2, 0) is 6.42 Å². The van der Waals surface area contributed by atoms with Gasteiger partial charge in [-0.2, -0.15) is 0 Å². The van der Waals surface area contributed by atoms with Gasteiger partial charge >= 0.3 is 0 Å². The monoisotopic (exact) mass is 138 g/mol. The first-order chi connectivity index (χ1) is 4.83. The van der Waals surface area contributed by atoms with Crippen LogP contribution in [0.15, 0.2) is 12.4 Å². The summed E-state index contributed by atoms with van der Waals surface area (Å²) in [6, 6.07) is 0. The summed E-state index contributed by atoms with van der Waals surface area (Å²) in [5.74, 6) is 1.85. The van der Waals surface area contributed by atoms with Crippen LogP contribution < -0.4 is 0 Å². The summed E-state index contributed by atoms with van der Waals surface area (Å²) >= 11 is 0. The quantitative estimate of drug-likeness (QED) is 0.680. The highest BCUT2D eigenvalue weighted by atomic mass is 14.9. The summed E-state index contributed by atoms with van der Waals surface area (Å²) in [6.45, 7) is 4.44. The van der Waals surface area contributed by atoms with Crippen molar-refractivity contribution in [3.63, 3.8) is 0 Å². The molecule has 0 aromatic carbocycles. The van der Waals surface area contributed by atoms with Crippen LogP contribution >= 0.6 is 0 Å². The Bertz CT molecular complexity index is 167. The highest BCUT2D eigenvalue weighted by Crippen LogP contribution is 2.06. The second-order valence-electron chi connectivity index (χ2n) is 2.75. The van der Waals surface area contributed by atoms with Gasteiger partial charge in [-0.1, -0.05) is 20.3 Å². The van der Waals surface area contributed by atoms with E-state index in [0.29, 0.717) is 0 Å². The molecule has 1 aromatic heterocycles. The maximum atomic E-state index is 4.15. The van der Waals surface area contributed by atoms with Crippen molar-refractivity contribution < 1.29 is 0 Å². The van der Waals surface area contributed by atoms with Gasteiger partial charge in [0.15, 0.2) is 0 Å². The summed E-state index contributed by atoms with van der Waals surface area (Å²) in [7, 11) is 0. The molecule has 0 fully saturated rings. The fourth-order valence-electron chi connectivity index (χ4n) is 0.884. The van der Waals surface area contributed by atoms with Crippen molar-refractivity contribution >= 4 is 0 Å². The zero-order chi connectivity index (χ0) is 7.40. The average molecular weight is 138 g/mol. The fraction of sp³-hybridized carbons (Fsp3) is 0.625. The van der Waals surface area contributed by atoms with Crippen LogP contribution in [0.1, 0.15) is 26.1 Å². The molecule has 0 aliphatic rings. The first-order valence-corrected chi connectivity index (χ1v) is 3.81. The predicted molar refractivity (Wildman–Crippen MR) is 41.7 cm³/mol. The molecule has 1 rings (SSSR count). The van der Waals surface area contributed by atoms with Gasteiger partial charge in [0.1, 0.15) is 5.82 Å². The van der Waals surface area contributed by atoms with Crippen molar-refractivity contribution in [3.8, 4) is 0 Å². The van der Waals surface area contributed by atoms with E-state index in [1.54, 1.807) is 6.20 Å². The van der Waals surface area contributed by atoms with Crippen LogP contribution in [0.25, 0.3) is 0 Å². The SMILES string of the molecule is CC[C@H](C)Cc1ncc[nH]1. The Kier molecular flexibility index (Phi) is 2.49. The molecule has 2 nitrogen and oxygen atoms in total. The highest BCUT2D eigenvalue weighted by Gasteiger charge is 2.00. The molecule has 0 bridgehead atoms. The van der Waals surface area contributed by atoms with Crippen LogP contribution in [0, 0.1) is 5.92 Å². The number of nitrogens with one attached hydrogen (secondary N) is 1. The standard InChI is InChI=1S/C8H14N2/c1-3-7(2)6-8-9-4-5-10-8/h4-5,7H,3,6H2,1-2H3,(H,9,10)/t7-/m0/s1. The van der Waals surface area contributed by atoms with E-state index < -0.39 is 0 Å². The first kappa shape index (κ1) is 7.32. The Labute approximate surface area is 61.7 Å². The smallest absolute Gasteiger partial charge is 0.106 e. The van der Waals surface area contributed by atoms with E-state index in [2.05, 4.69) is 23.8 Å². The Morgan fingerprint density at radius 3 is 3.00 bits per heavy atom. The molecule has 56 valence electrons. The molecule has 0 saturated heterocycles. The molecule has 0 amide bonds. The van der Waals surface area contributed by atoms with Gasteiger partial charge in [0, 0.05) is 18.8 Å². The van der Waals surface area contributed by atoms with Crippen LogP contribution in [0.4, 0.5) is 0 Å². The third-order valence-electron chi connectivity index (χ3n) is 1.79. The number of hydrogen-bond acceptors (Lipinski definition) is 1. The van der Waals surface area contributed by atoms with Gasteiger partial charge < -0.3 is 4.98 Å². The van der Waals surface area contributed by atoms with Crippen molar-refractivity contribution in [2.75, 3.05) is 0 Å². The summed E-state index contributed by atoms with van der Waals surface area (Å²) in [4.78, 5) is 7.24. The van der Waals surface area contributed by atoms with Crippen molar-refractivity contribution in [2.45, 2.75) is 26.7 Å². The van der Waals surface area contributed by atoms with Crippen LogP contribution in [0.3, 0.4) is 0 Å². The van der Waals surface area contributed by atoms with Gasteiger partial charge in [-0.3, -0.25) is 0 Å². The number of imidazole rings is 1. The summed E-state index contributed by atoms with van der Waals surface area (Å²) in [5.41, 5.74) is 0. The molecule has 0 unspecified atom stereocenters. The largest absolute Gasteiger partial charge is 0.349 e. The zero-order valence-electron chi connectivity index (χ0n) is 6.59. The molecular weight excluding hydrogens is 124 g/mol. The van der Waals surface area contributed by atoms with Gasteiger partial charge in [-0.05, 0) is 5.92 Å². The Hall–Kier alpha value is -0.790. The summed E-state index contributed by atoms with van der Waals surface area (Å²) in [6.07, 6.45) is 5.97. The lowest BCUT2D eigenvalue weighted by Crippen LogP contribution is -1.98. The van der Waals surface area contributed by atoms with E-state index in [0.717, 1.165) is 18.2 Å². The minimum Gasteiger partial charge on any atom is -0.349 e. The molecule has 0 radical (unpaired) electrons.